The lowest BCUT2D eigenvalue weighted by molar-refractivity contribution is 0.158. The third-order valence-electron chi connectivity index (χ3n) is 3.73. The van der Waals surface area contributed by atoms with Gasteiger partial charge in [0.25, 0.3) is 0 Å². The molecule has 2 rings (SSSR count). The Morgan fingerprint density at radius 3 is 2.75 bits per heavy atom. The Morgan fingerprint density at radius 1 is 1.19 bits per heavy atom. The van der Waals surface area contributed by atoms with Gasteiger partial charge in [-0.15, -0.1) is 0 Å². The molecule has 0 aromatic rings. The molecule has 1 saturated carbocycles. The molecule has 1 saturated heterocycles. The van der Waals surface area contributed by atoms with Crippen molar-refractivity contribution in [2.75, 3.05) is 33.4 Å². The lowest BCUT2D eigenvalue weighted by Gasteiger charge is -2.22. The SMILES string of the molecule is CN(CCCCCNC1CC1)C1CCOC1. The number of hydrogen-bond acceptors (Lipinski definition) is 3. The van der Waals surface area contributed by atoms with Gasteiger partial charge in [0.2, 0.25) is 0 Å². The van der Waals surface area contributed by atoms with E-state index in [1.54, 1.807) is 0 Å². The predicted octanol–water partition coefficient (Wildman–Crippen LogP) is 1.63. The molecular formula is C13H26N2O. The summed E-state index contributed by atoms with van der Waals surface area (Å²) in [7, 11) is 2.24. The molecule has 1 aliphatic carbocycles. The lowest BCUT2D eigenvalue weighted by atomic mass is 10.2. The molecule has 1 heterocycles. The van der Waals surface area contributed by atoms with Gasteiger partial charge in [-0.2, -0.15) is 0 Å². The van der Waals surface area contributed by atoms with Crippen LogP contribution in [0.3, 0.4) is 0 Å². The number of rotatable bonds is 8. The molecule has 0 spiro atoms. The Kier molecular flexibility index (Phi) is 5.07. The molecule has 0 aromatic carbocycles. The van der Waals surface area contributed by atoms with Gasteiger partial charge in [0.15, 0.2) is 0 Å². The summed E-state index contributed by atoms with van der Waals surface area (Å²) < 4.78 is 5.40. The third kappa shape index (κ3) is 4.40. The Labute approximate surface area is 99.5 Å². The third-order valence-corrected chi connectivity index (χ3v) is 3.73. The molecule has 0 radical (unpaired) electrons. The maximum absolute atomic E-state index is 5.40. The van der Waals surface area contributed by atoms with Gasteiger partial charge < -0.3 is 15.0 Å². The highest BCUT2D eigenvalue weighted by Crippen LogP contribution is 2.18. The molecular weight excluding hydrogens is 200 g/mol. The largest absolute Gasteiger partial charge is 0.380 e. The average Bonchev–Trinajstić information content (AvgIpc) is 2.95. The lowest BCUT2D eigenvalue weighted by Crippen LogP contribution is -2.32. The minimum Gasteiger partial charge on any atom is -0.380 e. The van der Waals surface area contributed by atoms with Crippen LogP contribution in [0.1, 0.15) is 38.5 Å². The van der Waals surface area contributed by atoms with Crippen LogP contribution in [-0.2, 0) is 4.74 Å². The van der Waals surface area contributed by atoms with Crippen LogP contribution in [-0.4, -0.2) is 50.3 Å². The second-order valence-electron chi connectivity index (χ2n) is 5.29. The Hall–Kier alpha value is -0.120. The summed E-state index contributed by atoms with van der Waals surface area (Å²) in [5.41, 5.74) is 0. The highest BCUT2D eigenvalue weighted by molar-refractivity contribution is 4.80. The van der Waals surface area contributed by atoms with E-state index >= 15 is 0 Å². The molecule has 0 aromatic heterocycles. The van der Waals surface area contributed by atoms with Crippen molar-refractivity contribution >= 4 is 0 Å². The molecule has 94 valence electrons. The van der Waals surface area contributed by atoms with Gasteiger partial charge in [-0.05, 0) is 52.2 Å². The highest BCUT2D eigenvalue weighted by atomic mass is 16.5. The van der Waals surface area contributed by atoms with Crippen LogP contribution in [0.5, 0.6) is 0 Å². The van der Waals surface area contributed by atoms with Crippen molar-refractivity contribution in [1.82, 2.24) is 10.2 Å². The summed E-state index contributed by atoms with van der Waals surface area (Å²) in [6.07, 6.45) is 8.07. The first kappa shape index (κ1) is 12.3. The van der Waals surface area contributed by atoms with Crippen LogP contribution in [0.4, 0.5) is 0 Å². The zero-order chi connectivity index (χ0) is 11.2. The van der Waals surface area contributed by atoms with E-state index in [4.69, 9.17) is 4.74 Å². The molecule has 3 nitrogen and oxygen atoms in total. The van der Waals surface area contributed by atoms with Gasteiger partial charge in [-0.1, -0.05) is 6.42 Å². The first-order valence-electron chi connectivity index (χ1n) is 6.87. The van der Waals surface area contributed by atoms with Crippen LogP contribution in [0.25, 0.3) is 0 Å². The van der Waals surface area contributed by atoms with E-state index in [9.17, 15) is 0 Å². The Bertz CT molecular complexity index is 188. The Balaban J connectivity index is 1.40. The summed E-state index contributed by atoms with van der Waals surface area (Å²) in [4.78, 5) is 2.47. The molecule has 2 fully saturated rings. The zero-order valence-electron chi connectivity index (χ0n) is 10.6. The van der Waals surface area contributed by atoms with E-state index in [1.165, 1.54) is 51.6 Å². The first-order valence-corrected chi connectivity index (χ1v) is 6.87. The van der Waals surface area contributed by atoms with Gasteiger partial charge in [0.05, 0.1) is 6.61 Å². The topological polar surface area (TPSA) is 24.5 Å². The average molecular weight is 226 g/mol. The zero-order valence-corrected chi connectivity index (χ0v) is 10.6. The van der Waals surface area contributed by atoms with Crippen molar-refractivity contribution in [3.8, 4) is 0 Å². The number of ether oxygens (including phenoxy) is 1. The second-order valence-corrected chi connectivity index (χ2v) is 5.29. The molecule has 3 heteroatoms. The van der Waals surface area contributed by atoms with E-state index in [2.05, 4.69) is 17.3 Å². The van der Waals surface area contributed by atoms with E-state index in [0.29, 0.717) is 6.04 Å². The fourth-order valence-corrected chi connectivity index (χ4v) is 2.31. The van der Waals surface area contributed by atoms with Crippen LogP contribution in [0, 0.1) is 0 Å². The van der Waals surface area contributed by atoms with Gasteiger partial charge in [0, 0.05) is 18.7 Å². The van der Waals surface area contributed by atoms with Gasteiger partial charge in [0.1, 0.15) is 0 Å². The van der Waals surface area contributed by atoms with Crippen molar-refractivity contribution < 1.29 is 4.74 Å². The molecule has 1 unspecified atom stereocenters. The smallest absolute Gasteiger partial charge is 0.0622 e. The summed E-state index contributed by atoms with van der Waals surface area (Å²) in [6.45, 7) is 4.36. The summed E-state index contributed by atoms with van der Waals surface area (Å²) in [5, 5.41) is 3.57. The molecule has 0 amide bonds. The van der Waals surface area contributed by atoms with Gasteiger partial charge >= 0.3 is 0 Å². The molecule has 1 atom stereocenters. The number of likely N-dealkylation sites (N-methyl/N-ethyl adjacent to an activating group) is 1. The molecule has 2 aliphatic rings. The molecule has 1 N–H and O–H groups in total. The van der Waals surface area contributed by atoms with Gasteiger partial charge in [-0.25, -0.2) is 0 Å². The minimum absolute atomic E-state index is 0.685. The van der Waals surface area contributed by atoms with Crippen LogP contribution in [0.2, 0.25) is 0 Å². The molecule has 0 bridgehead atoms. The summed E-state index contributed by atoms with van der Waals surface area (Å²) in [5.74, 6) is 0. The monoisotopic (exact) mass is 226 g/mol. The number of nitrogens with one attached hydrogen (secondary N) is 1. The molecule has 1 aliphatic heterocycles. The van der Waals surface area contributed by atoms with Crippen LogP contribution in [0.15, 0.2) is 0 Å². The molecule has 16 heavy (non-hydrogen) atoms. The second kappa shape index (κ2) is 6.58. The quantitative estimate of drug-likeness (QED) is 0.637. The summed E-state index contributed by atoms with van der Waals surface area (Å²) >= 11 is 0. The van der Waals surface area contributed by atoms with E-state index in [0.717, 1.165) is 19.3 Å². The fraction of sp³-hybridized carbons (Fsp3) is 1.00. The fourth-order valence-electron chi connectivity index (χ4n) is 2.31. The number of nitrogens with zero attached hydrogens (tertiary/aromatic N) is 1. The van der Waals surface area contributed by atoms with Crippen molar-refractivity contribution in [1.29, 1.82) is 0 Å². The van der Waals surface area contributed by atoms with Gasteiger partial charge in [-0.3, -0.25) is 0 Å². The number of hydrogen-bond donors (Lipinski definition) is 1. The van der Waals surface area contributed by atoms with Crippen LogP contribution >= 0.6 is 0 Å². The first-order chi connectivity index (χ1) is 7.86. The summed E-state index contributed by atoms with van der Waals surface area (Å²) in [6, 6.07) is 1.56. The van der Waals surface area contributed by atoms with Crippen molar-refractivity contribution in [2.24, 2.45) is 0 Å². The predicted molar refractivity (Wildman–Crippen MR) is 66.7 cm³/mol. The van der Waals surface area contributed by atoms with Crippen LogP contribution < -0.4 is 5.32 Å². The standard InChI is InChI=1S/C13H26N2O/c1-15(13-7-10-16-11-13)9-4-2-3-8-14-12-5-6-12/h12-14H,2-11H2,1H3. The maximum atomic E-state index is 5.40. The highest BCUT2D eigenvalue weighted by Gasteiger charge is 2.20. The normalized spacial score (nSPS) is 25.5. The number of unbranched alkanes of at least 4 members (excludes halogenated alkanes) is 2. The van der Waals surface area contributed by atoms with E-state index in [-0.39, 0.29) is 0 Å². The minimum atomic E-state index is 0.685. The van der Waals surface area contributed by atoms with E-state index in [1.807, 2.05) is 0 Å². The van der Waals surface area contributed by atoms with Crippen molar-refractivity contribution in [3.05, 3.63) is 0 Å². The Morgan fingerprint density at radius 2 is 2.06 bits per heavy atom. The maximum Gasteiger partial charge on any atom is 0.0622 e. The van der Waals surface area contributed by atoms with Crippen molar-refractivity contribution in [3.63, 3.8) is 0 Å². The van der Waals surface area contributed by atoms with E-state index < -0.39 is 0 Å². The van der Waals surface area contributed by atoms with Crippen molar-refractivity contribution in [2.45, 2.75) is 50.6 Å².